The molecule has 0 aliphatic carbocycles. The minimum atomic E-state index is 0.169. The van der Waals surface area contributed by atoms with Crippen molar-refractivity contribution in [2.75, 3.05) is 39.4 Å². The van der Waals surface area contributed by atoms with Gasteiger partial charge in [-0.15, -0.1) is 11.3 Å². The first-order valence-corrected chi connectivity index (χ1v) is 10.8. The van der Waals surface area contributed by atoms with Gasteiger partial charge in [-0.3, -0.25) is 9.69 Å². The first kappa shape index (κ1) is 18.9. The molecule has 4 rings (SSSR count). The van der Waals surface area contributed by atoms with Gasteiger partial charge in [0.05, 0.1) is 0 Å². The number of carbonyl (C=O) groups excluding carboxylic acids is 1. The Morgan fingerprint density at radius 1 is 1.11 bits per heavy atom. The number of rotatable bonds is 4. The number of hydrogen-bond donors (Lipinski definition) is 0. The minimum Gasteiger partial charge on any atom is -0.381 e. The van der Waals surface area contributed by atoms with E-state index in [1.165, 1.54) is 15.3 Å². The van der Waals surface area contributed by atoms with Crippen LogP contribution in [-0.2, 0) is 16.1 Å². The molecule has 2 fully saturated rings. The van der Waals surface area contributed by atoms with Crippen LogP contribution < -0.4 is 0 Å². The highest BCUT2D eigenvalue weighted by molar-refractivity contribution is 7.15. The van der Waals surface area contributed by atoms with Gasteiger partial charge >= 0.3 is 0 Å². The number of ether oxygens (including phenoxy) is 1. The van der Waals surface area contributed by atoms with Crippen LogP contribution in [0.5, 0.6) is 0 Å². The van der Waals surface area contributed by atoms with Crippen molar-refractivity contribution < 1.29 is 9.53 Å². The smallest absolute Gasteiger partial charge is 0.225 e. The predicted octanol–water partition coefficient (Wildman–Crippen LogP) is 4.14. The third-order valence-corrected chi connectivity index (χ3v) is 6.76. The van der Waals surface area contributed by atoms with Crippen molar-refractivity contribution in [1.29, 1.82) is 0 Å². The van der Waals surface area contributed by atoms with E-state index in [0.717, 1.165) is 63.8 Å². The molecule has 1 aromatic heterocycles. The van der Waals surface area contributed by atoms with Gasteiger partial charge in [0.2, 0.25) is 5.91 Å². The summed E-state index contributed by atoms with van der Waals surface area (Å²) in [7, 11) is 0. The summed E-state index contributed by atoms with van der Waals surface area (Å²) in [6, 6.07) is 12.4. The maximum Gasteiger partial charge on any atom is 0.225 e. The van der Waals surface area contributed by atoms with Gasteiger partial charge in [-0.25, -0.2) is 0 Å². The molecule has 0 saturated carbocycles. The average Bonchev–Trinajstić information content (AvgIpc) is 3.17. The van der Waals surface area contributed by atoms with Crippen LogP contribution in [0.2, 0.25) is 5.02 Å². The summed E-state index contributed by atoms with van der Waals surface area (Å²) in [5.74, 6) is 0.500. The Morgan fingerprint density at radius 2 is 1.89 bits per heavy atom. The number of nitrogens with zero attached hydrogens (tertiary/aromatic N) is 2. The molecule has 3 heterocycles. The lowest BCUT2D eigenvalue weighted by atomic mass is 9.98. The predicted molar refractivity (Wildman–Crippen MR) is 110 cm³/mol. The molecule has 0 N–H and O–H groups in total. The average molecular weight is 405 g/mol. The quantitative estimate of drug-likeness (QED) is 0.767. The van der Waals surface area contributed by atoms with Gasteiger partial charge in [-0.2, -0.15) is 0 Å². The Bertz CT molecular complexity index is 780. The largest absolute Gasteiger partial charge is 0.381 e. The fourth-order valence-corrected chi connectivity index (χ4v) is 5.05. The summed E-state index contributed by atoms with van der Waals surface area (Å²) < 4.78 is 5.38. The summed E-state index contributed by atoms with van der Waals surface area (Å²) in [6.45, 7) is 5.96. The molecule has 2 aromatic rings. The van der Waals surface area contributed by atoms with Crippen molar-refractivity contribution in [3.63, 3.8) is 0 Å². The Hall–Kier alpha value is -1.40. The SMILES string of the molecule is O=C(C1CCOCC1)N1CCN(Cc2ccc(-c3cccc(Cl)c3)s2)CC1. The third kappa shape index (κ3) is 4.72. The molecule has 4 nitrogen and oxygen atoms in total. The van der Waals surface area contributed by atoms with Gasteiger partial charge < -0.3 is 9.64 Å². The normalized spacial score (nSPS) is 19.4. The lowest BCUT2D eigenvalue weighted by molar-refractivity contribution is -0.140. The molecule has 2 aliphatic rings. The van der Waals surface area contributed by atoms with Crippen LogP contribution in [0.1, 0.15) is 17.7 Å². The van der Waals surface area contributed by atoms with E-state index in [9.17, 15) is 4.79 Å². The van der Waals surface area contributed by atoms with Gasteiger partial charge in [0.25, 0.3) is 0 Å². The second-order valence-electron chi connectivity index (χ2n) is 7.26. The summed E-state index contributed by atoms with van der Waals surface area (Å²) in [6.07, 6.45) is 1.75. The van der Waals surface area contributed by atoms with Crippen molar-refractivity contribution in [3.8, 4) is 10.4 Å². The molecular weight excluding hydrogens is 380 g/mol. The number of carbonyl (C=O) groups is 1. The van der Waals surface area contributed by atoms with E-state index in [1.54, 1.807) is 0 Å². The number of thiophene rings is 1. The van der Waals surface area contributed by atoms with Crippen LogP contribution in [0.4, 0.5) is 0 Å². The molecule has 0 unspecified atom stereocenters. The van der Waals surface area contributed by atoms with Gasteiger partial charge in [0, 0.05) is 66.6 Å². The molecule has 144 valence electrons. The lowest BCUT2D eigenvalue weighted by Gasteiger charge is -2.37. The Kier molecular flexibility index (Phi) is 6.13. The van der Waals surface area contributed by atoms with E-state index in [4.69, 9.17) is 16.3 Å². The fraction of sp³-hybridized carbons (Fsp3) is 0.476. The molecule has 2 aliphatic heterocycles. The maximum atomic E-state index is 12.6. The summed E-state index contributed by atoms with van der Waals surface area (Å²) in [5, 5.41) is 0.771. The molecule has 1 amide bonds. The van der Waals surface area contributed by atoms with Crippen LogP contribution in [-0.4, -0.2) is 55.1 Å². The zero-order valence-corrected chi connectivity index (χ0v) is 17.0. The molecule has 1 aromatic carbocycles. The number of halogens is 1. The monoisotopic (exact) mass is 404 g/mol. The van der Waals surface area contributed by atoms with Crippen molar-refractivity contribution in [2.24, 2.45) is 5.92 Å². The van der Waals surface area contributed by atoms with Crippen LogP contribution in [0.15, 0.2) is 36.4 Å². The Morgan fingerprint density at radius 3 is 2.63 bits per heavy atom. The van der Waals surface area contributed by atoms with Crippen molar-refractivity contribution in [2.45, 2.75) is 19.4 Å². The van der Waals surface area contributed by atoms with Crippen molar-refractivity contribution in [1.82, 2.24) is 9.80 Å². The highest BCUT2D eigenvalue weighted by Gasteiger charge is 2.28. The zero-order chi connectivity index (χ0) is 18.6. The lowest BCUT2D eigenvalue weighted by Crippen LogP contribution is -2.50. The number of hydrogen-bond acceptors (Lipinski definition) is 4. The second-order valence-corrected chi connectivity index (χ2v) is 8.87. The van der Waals surface area contributed by atoms with E-state index in [0.29, 0.717) is 5.91 Å². The first-order chi connectivity index (χ1) is 13.2. The maximum absolute atomic E-state index is 12.6. The van der Waals surface area contributed by atoms with Crippen molar-refractivity contribution in [3.05, 3.63) is 46.3 Å². The summed E-state index contributed by atoms with van der Waals surface area (Å²) in [4.78, 5) is 19.8. The van der Waals surface area contributed by atoms with E-state index < -0.39 is 0 Å². The third-order valence-electron chi connectivity index (χ3n) is 5.40. The summed E-state index contributed by atoms with van der Waals surface area (Å²) in [5.41, 5.74) is 1.17. The number of benzene rings is 1. The Balaban J connectivity index is 1.30. The molecule has 6 heteroatoms. The molecule has 0 bridgehead atoms. The fourth-order valence-electron chi connectivity index (χ4n) is 3.81. The van der Waals surface area contributed by atoms with Crippen LogP contribution in [0, 0.1) is 5.92 Å². The highest BCUT2D eigenvalue weighted by Crippen LogP contribution is 2.30. The molecule has 27 heavy (non-hydrogen) atoms. The van der Waals surface area contributed by atoms with Gasteiger partial charge in [-0.05, 0) is 42.7 Å². The highest BCUT2D eigenvalue weighted by atomic mass is 35.5. The van der Waals surface area contributed by atoms with Gasteiger partial charge in [0.1, 0.15) is 0 Å². The minimum absolute atomic E-state index is 0.169. The number of amides is 1. The van der Waals surface area contributed by atoms with E-state index in [-0.39, 0.29) is 5.92 Å². The van der Waals surface area contributed by atoms with Crippen LogP contribution in [0.25, 0.3) is 10.4 Å². The standard InChI is InChI=1S/C21H25ClN2O2S/c22-18-3-1-2-17(14-18)20-5-4-19(27-20)15-23-8-10-24(11-9-23)21(25)16-6-12-26-13-7-16/h1-5,14,16H,6-13,15H2. The number of piperazine rings is 1. The zero-order valence-electron chi connectivity index (χ0n) is 15.4. The van der Waals surface area contributed by atoms with Crippen LogP contribution in [0.3, 0.4) is 0 Å². The topological polar surface area (TPSA) is 32.8 Å². The molecule has 0 atom stereocenters. The Labute approximate surface area is 169 Å². The molecular formula is C21H25ClN2O2S. The van der Waals surface area contributed by atoms with E-state index in [1.807, 2.05) is 29.5 Å². The van der Waals surface area contributed by atoms with E-state index in [2.05, 4.69) is 28.0 Å². The van der Waals surface area contributed by atoms with Crippen molar-refractivity contribution >= 4 is 28.8 Å². The molecule has 2 saturated heterocycles. The van der Waals surface area contributed by atoms with Gasteiger partial charge in [0.15, 0.2) is 0 Å². The molecule has 0 radical (unpaired) electrons. The van der Waals surface area contributed by atoms with E-state index >= 15 is 0 Å². The first-order valence-electron chi connectivity index (χ1n) is 9.62. The summed E-state index contributed by atoms with van der Waals surface area (Å²) >= 11 is 7.93. The van der Waals surface area contributed by atoms with Crippen LogP contribution >= 0.6 is 22.9 Å². The second kappa shape index (κ2) is 8.74. The molecule has 0 spiro atoms. The van der Waals surface area contributed by atoms with Gasteiger partial charge in [-0.1, -0.05) is 23.7 Å².